The number of methoxy groups -OCH3 is 1. The first-order valence-corrected chi connectivity index (χ1v) is 8.37. The van der Waals surface area contributed by atoms with Gasteiger partial charge in [-0.1, -0.05) is 19.1 Å². The van der Waals surface area contributed by atoms with Gasteiger partial charge in [-0.2, -0.15) is 0 Å². The van der Waals surface area contributed by atoms with Crippen LogP contribution in [-0.2, 0) is 11.2 Å². The van der Waals surface area contributed by atoms with Gasteiger partial charge in [0.1, 0.15) is 5.75 Å². The lowest BCUT2D eigenvalue weighted by Crippen LogP contribution is -2.36. The van der Waals surface area contributed by atoms with E-state index in [-0.39, 0.29) is 0 Å². The highest BCUT2D eigenvalue weighted by Crippen LogP contribution is 2.22. The van der Waals surface area contributed by atoms with Crippen LogP contribution in [0.25, 0.3) is 0 Å². The van der Waals surface area contributed by atoms with E-state index in [9.17, 15) is 4.79 Å². The molecular formula is C18H28N2O2. The molecule has 0 aromatic heterocycles. The van der Waals surface area contributed by atoms with Crippen LogP contribution in [0.4, 0.5) is 0 Å². The number of hydrogen-bond donors (Lipinski definition) is 1. The fourth-order valence-corrected chi connectivity index (χ4v) is 3.05. The maximum absolute atomic E-state index is 12.1. The number of rotatable bonds is 9. The highest BCUT2D eigenvalue weighted by atomic mass is 16.5. The van der Waals surface area contributed by atoms with Crippen molar-refractivity contribution in [2.75, 3.05) is 26.7 Å². The van der Waals surface area contributed by atoms with Gasteiger partial charge >= 0.3 is 0 Å². The van der Waals surface area contributed by atoms with E-state index >= 15 is 0 Å². The molecule has 0 saturated carbocycles. The van der Waals surface area contributed by atoms with Gasteiger partial charge in [-0.3, -0.25) is 4.79 Å². The molecule has 1 N–H and O–H groups in total. The molecule has 1 fully saturated rings. The fourth-order valence-electron chi connectivity index (χ4n) is 3.05. The zero-order valence-corrected chi connectivity index (χ0v) is 13.8. The molecule has 0 radical (unpaired) electrons. The molecule has 22 heavy (non-hydrogen) atoms. The van der Waals surface area contributed by atoms with Crippen molar-refractivity contribution in [2.24, 2.45) is 0 Å². The first kappa shape index (κ1) is 16.8. The smallest absolute Gasteiger partial charge is 0.222 e. The predicted molar refractivity (Wildman–Crippen MR) is 89.2 cm³/mol. The quantitative estimate of drug-likeness (QED) is 0.713. The van der Waals surface area contributed by atoms with E-state index in [0.29, 0.717) is 18.4 Å². The van der Waals surface area contributed by atoms with E-state index in [0.717, 1.165) is 51.1 Å². The molecule has 0 unspecified atom stereocenters. The Kier molecular flexibility index (Phi) is 6.72. The number of carbonyl (C=O) groups is 1. The van der Waals surface area contributed by atoms with Crippen molar-refractivity contribution in [1.29, 1.82) is 0 Å². The van der Waals surface area contributed by atoms with Crippen LogP contribution in [0, 0.1) is 0 Å². The van der Waals surface area contributed by atoms with Crippen molar-refractivity contribution in [3.63, 3.8) is 0 Å². The largest absolute Gasteiger partial charge is 0.497 e. The number of carbonyl (C=O) groups excluding carboxylic acids is 1. The second-order valence-electron chi connectivity index (χ2n) is 5.92. The summed E-state index contributed by atoms with van der Waals surface area (Å²) in [4.78, 5) is 14.2. The summed E-state index contributed by atoms with van der Waals surface area (Å²) in [6.07, 6.45) is 4.82. The molecule has 0 aliphatic carbocycles. The third-order valence-corrected chi connectivity index (χ3v) is 4.31. The summed E-state index contributed by atoms with van der Waals surface area (Å²) in [5.41, 5.74) is 1.22. The Morgan fingerprint density at radius 3 is 3.00 bits per heavy atom. The van der Waals surface area contributed by atoms with E-state index < -0.39 is 0 Å². The lowest BCUT2D eigenvalue weighted by Gasteiger charge is -2.25. The Morgan fingerprint density at radius 2 is 2.23 bits per heavy atom. The molecule has 1 aromatic rings. The molecule has 1 amide bonds. The van der Waals surface area contributed by atoms with Crippen LogP contribution in [0.1, 0.15) is 38.2 Å². The predicted octanol–water partition coefficient (Wildman–Crippen LogP) is 2.62. The Morgan fingerprint density at radius 1 is 1.36 bits per heavy atom. The van der Waals surface area contributed by atoms with Gasteiger partial charge < -0.3 is 15.0 Å². The second kappa shape index (κ2) is 8.79. The molecule has 0 spiro atoms. The summed E-state index contributed by atoms with van der Waals surface area (Å²) in [5.74, 6) is 1.19. The summed E-state index contributed by atoms with van der Waals surface area (Å²) in [7, 11) is 1.68. The number of likely N-dealkylation sites (tertiary alicyclic amines) is 1. The van der Waals surface area contributed by atoms with E-state index in [4.69, 9.17) is 4.74 Å². The molecule has 1 saturated heterocycles. The van der Waals surface area contributed by atoms with Crippen LogP contribution in [0.2, 0.25) is 0 Å². The van der Waals surface area contributed by atoms with Gasteiger partial charge in [-0.25, -0.2) is 0 Å². The Balaban J connectivity index is 1.84. The maximum atomic E-state index is 12.1. The van der Waals surface area contributed by atoms with Gasteiger partial charge in [-0.05, 0) is 56.5 Å². The topological polar surface area (TPSA) is 41.6 Å². The molecule has 2 rings (SSSR count). The van der Waals surface area contributed by atoms with Gasteiger partial charge in [-0.15, -0.1) is 0 Å². The second-order valence-corrected chi connectivity index (χ2v) is 5.92. The molecule has 4 nitrogen and oxygen atoms in total. The summed E-state index contributed by atoms with van der Waals surface area (Å²) in [5, 5.41) is 3.43. The van der Waals surface area contributed by atoms with Gasteiger partial charge in [0.2, 0.25) is 5.91 Å². The molecule has 122 valence electrons. The SMILES string of the molecule is CCCNCC[C@@H]1CCC(=O)N1CCc1cccc(OC)c1. The normalized spacial score (nSPS) is 18.0. The van der Waals surface area contributed by atoms with Crippen LogP contribution in [-0.4, -0.2) is 43.6 Å². The van der Waals surface area contributed by atoms with E-state index in [1.165, 1.54) is 5.56 Å². The lowest BCUT2D eigenvalue weighted by atomic mass is 10.1. The molecule has 1 aliphatic rings. The molecule has 4 heteroatoms. The first-order valence-electron chi connectivity index (χ1n) is 8.37. The van der Waals surface area contributed by atoms with Crippen LogP contribution < -0.4 is 10.1 Å². The molecule has 1 aliphatic heterocycles. The number of nitrogens with zero attached hydrogens (tertiary/aromatic N) is 1. The standard InChI is InChI=1S/C18H28N2O2/c1-3-11-19-12-9-16-7-8-18(21)20(16)13-10-15-5-4-6-17(14-15)22-2/h4-6,14,16,19H,3,7-13H2,1-2H3/t16-/m0/s1. The van der Waals surface area contributed by atoms with Crippen LogP contribution >= 0.6 is 0 Å². The highest BCUT2D eigenvalue weighted by Gasteiger charge is 2.29. The monoisotopic (exact) mass is 304 g/mol. The Labute approximate surface area is 133 Å². The molecule has 1 atom stereocenters. The van der Waals surface area contributed by atoms with Crippen molar-refractivity contribution in [2.45, 2.75) is 45.1 Å². The van der Waals surface area contributed by atoms with Gasteiger partial charge in [0.05, 0.1) is 7.11 Å². The number of ether oxygens (including phenoxy) is 1. The summed E-state index contributed by atoms with van der Waals surface area (Å²) < 4.78 is 5.26. The van der Waals surface area contributed by atoms with Crippen molar-refractivity contribution < 1.29 is 9.53 Å². The summed E-state index contributed by atoms with van der Waals surface area (Å²) in [6.45, 7) is 5.04. The minimum atomic E-state index is 0.309. The molecule has 1 aromatic carbocycles. The zero-order valence-electron chi connectivity index (χ0n) is 13.8. The third kappa shape index (κ3) is 4.73. The fraction of sp³-hybridized carbons (Fsp3) is 0.611. The molecule has 1 heterocycles. The molecule has 0 bridgehead atoms. The minimum Gasteiger partial charge on any atom is -0.497 e. The number of hydrogen-bond acceptors (Lipinski definition) is 3. The molecular weight excluding hydrogens is 276 g/mol. The van der Waals surface area contributed by atoms with Crippen molar-refractivity contribution in [1.82, 2.24) is 10.2 Å². The lowest BCUT2D eigenvalue weighted by molar-refractivity contribution is -0.129. The zero-order chi connectivity index (χ0) is 15.8. The summed E-state index contributed by atoms with van der Waals surface area (Å²) >= 11 is 0. The Hall–Kier alpha value is -1.55. The van der Waals surface area contributed by atoms with Gasteiger partial charge in [0.25, 0.3) is 0 Å². The maximum Gasteiger partial charge on any atom is 0.222 e. The number of benzene rings is 1. The highest BCUT2D eigenvalue weighted by molar-refractivity contribution is 5.78. The Bertz CT molecular complexity index is 476. The first-order chi connectivity index (χ1) is 10.7. The summed E-state index contributed by atoms with van der Waals surface area (Å²) in [6, 6.07) is 8.51. The van der Waals surface area contributed by atoms with E-state index in [2.05, 4.69) is 29.3 Å². The van der Waals surface area contributed by atoms with Crippen LogP contribution in [0.15, 0.2) is 24.3 Å². The van der Waals surface area contributed by atoms with Crippen molar-refractivity contribution in [3.05, 3.63) is 29.8 Å². The number of nitrogens with one attached hydrogen (secondary N) is 1. The van der Waals surface area contributed by atoms with Crippen molar-refractivity contribution in [3.8, 4) is 5.75 Å². The average molecular weight is 304 g/mol. The number of amides is 1. The van der Waals surface area contributed by atoms with E-state index in [1.54, 1.807) is 7.11 Å². The minimum absolute atomic E-state index is 0.309. The van der Waals surface area contributed by atoms with E-state index in [1.807, 2.05) is 12.1 Å². The third-order valence-electron chi connectivity index (χ3n) is 4.31. The van der Waals surface area contributed by atoms with Crippen molar-refractivity contribution >= 4 is 5.91 Å². The van der Waals surface area contributed by atoms with Gasteiger partial charge in [0, 0.05) is 19.0 Å². The average Bonchev–Trinajstić information content (AvgIpc) is 2.90. The van der Waals surface area contributed by atoms with Crippen LogP contribution in [0.3, 0.4) is 0 Å². The van der Waals surface area contributed by atoms with Crippen LogP contribution in [0.5, 0.6) is 5.75 Å². The van der Waals surface area contributed by atoms with Gasteiger partial charge in [0.15, 0.2) is 0 Å².